The van der Waals surface area contributed by atoms with E-state index in [0.29, 0.717) is 16.7 Å². The van der Waals surface area contributed by atoms with Crippen molar-refractivity contribution in [2.75, 3.05) is 12.4 Å². The topological polar surface area (TPSA) is 105 Å². The molecule has 2 aromatic heterocycles. The first-order valence-corrected chi connectivity index (χ1v) is 6.92. The third-order valence-electron chi connectivity index (χ3n) is 3.31. The number of benzene rings is 1. The summed E-state index contributed by atoms with van der Waals surface area (Å²) in [6, 6.07) is 12.9. The van der Waals surface area contributed by atoms with Crippen molar-refractivity contribution in [3.05, 3.63) is 64.1 Å². The van der Waals surface area contributed by atoms with Crippen LogP contribution in [-0.4, -0.2) is 18.0 Å². The molecule has 0 saturated heterocycles. The number of anilines is 1. The van der Waals surface area contributed by atoms with Crippen molar-refractivity contribution in [2.45, 2.75) is 0 Å². The van der Waals surface area contributed by atoms with E-state index in [1.54, 1.807) is 24.3 Å². The van der Waals surface area contributed by atoms with Gasteiger partial charge in [0.05, 0.1) is 12.5 Å². The molecule has 0 aliphatic carbocycles. The Morgan fingerprint density at radius 3 is 2.83 bits per heavy atom. The van der Waals surface area contributed by atoms with Crippen molar-refractivity contribution >= 4 is 22.7 Å². The highest BCUT2D eigenvalue weighted by Gasteiger charge is 2.16. The Morgan fingerprint density at radius 2 is 2.08 bits per heavy atom. The van der Waals surface area contributed by atoms with Gasteiger partial charge in [0, 0.05) is 0 Å². The Bertz CT molecular complexity index is 1030. The van der Waals surface area contributed by atoms with E-state index in [2.05, 4.69) is 10.3 Å². The van der Waals surface area contributed by atoms with Crippen LogP contribution in [0.15, 0.2) is 51.7 Å². The number of hydrogen-bond donors (Lipinski definition) is 1. The zero-order valence-corrected chi connectivity index (χ0v) is 12.6. The van der Waals surface area contributed by atoms with Gasteiger partial charge in [-0.05, 0) is 30.3 Å². The van der Waals surface area contributed by atoms with Crippen molar-refractivity contribution in [1.82, 2.24) is 4.98 Å². The van der Waals surface area contributed by atoms with Crippen molar-refractivity contribution in [3.8, 4) is 11.8 Å². The fourth-order valence-electron chi connectivity index (χ4n) is 2.20. The summed E-state index contributed by atoms with van der Waals surface area (Å²) < 4.78 is 10.4. The van der Waals surface area contributed by atoms with E-state index in [9.17, 15) is 9.59 Å². The molecule has 0 saturated carbocycles. The van der Waals surface area contributed by atoms with Crippen LogP contribution in [0.3, 0.4) is 0 Å². The van der Waals surface area contributed by atoms with E-state index in [0.717, 1.165) is 0 Å². The third kappa shape index (κ3) is 2.80. The number of nitrogens with zero attached hydrogens (tertiary/aromatic N) is 2. The zero-order chi connectivity index (χ0) is 17.1. The van der Waals surface area contributed by atoms with Crippen LogP contribution < -0.4 is 15.7 Å². The number of hydrogen-bond acceptors (Lipinski definition) is 6. The maximum absolute atomic E-state index is 12.3. The maximum atomic E-state index is 12.3. The zero-order valence-electron chi connectivity index (χ0n) is 12.6. The van der Waals surface area contributed by atoms with Crippen molar-refractivity contribution in [1.29, 1.82) is 5.26 Å². The summed E-state index contributed by atoms with van der Waals surface area (Å²) >= 11 is 0. The first kappa shape index (κ1) is 15.2. The van der Waals surface area contributed by atoms with Gasteiger partial charge in [0.1, 0.15) is 34.5 Å². The summed E-state index contributed by atoms with van der Waals surface area (Å²) in [6.07, 6.45) is 0. The lowest BCUT2D eigenvalue weighted by Gasteiger charge is -2.07. The minimum Gasteiger partial charge on any atom is -0.496 e. The molecule has 0 atom stereocenters. The molecule has 2 heterocycles. The van der Waals surface area contributed by atoms with E-state index in [4.69, 9.17) is 14.4 Å². The molecule has 0 fully saturated rings. The smallest absolute Gasteiger partial charge is 0.349 e. The molecule has 118 valence electrons. The second-order valence-corrected chi connectivity index (χ2v) is 4.79. The van der Waals surface area contributed by atoms with Crippen LogP contribution in [0.1, 0.15) is 16.1 Å². The van der Waals surface area contributed by atoms with Crippen LogP contribution in [0, 0.1) is 11.3 Å². The van der Waals surface area contributed by atoms with Gasteiger partial charge in [-0.2, -0.15) is 5.26 Å². The Kier molecular flexibility index (Phi) is 3.95. The molecule has 1 aromatic carbocycles. The van der Waals surface area contributed by atoms with Crippen molar-refractivity contribution in [3.63, 3.8) is 0 Å². The number of carbonyl (C=O) groups is 1. The van der Waals surface area contributed by atoms with E-state index in [1.165, 1.54) is 25.3 Å². The molecule has 1 N–H and O–H groups in total. The number of amides is 1. The minimum absolute atomic E-state index is 0.153. The van der Waals surface area contributed by atoms with Crippen LogP contribution in [0.4, 0.5) is 5.82 Å². The van der Waals surface area contributed by atoms with Crippen LogP contribution in [0.2, 0.25) is 0 Å². The molecule has 7 nitrogen and oxygen atoms in total. The average molecular weight is 321 g/mol. The quantitative estimate of drug-likeness (QED) is 0.742. The Hall–Kier alpha value is -3.66. The fourth-order valence-corrected chi connectivity index (χ4v) is 2.20. The normalized spacial score (nSPS) is 10.2. The maximum Gasteiger partial charge on any atom is 0.349 e. The van der Waals surface area contributed by atoms with Gasteiger partial charge in [0.2, 0.25) is 0 Å². The lowest BCUT2D eigenvalue weighted by molar-refractivity contribution is 0.102. The Labute approximate surface area is 136 Å². The molecule has 1 amide bonds. The second-order valence-electron chi connectivity index (χ2n) is 4.79. The number of methoxy groups -OCH3 is 1. The fraction of sp³-hybridized carbons (Fsp3) is 0.0588. The van der Waals surface area contributed by atoms with Crippen LogP contribution in [0.25, 0.3) is 11.0 Å². The van der Waals surface area contributed by atoms with Gasteiger partial charge in [-0.1, -0.05) is 12.1 Å². The summed E-state index contributed by atoms with van der Waals surface area (Å²) in [5.41, 5.74) is -0.485. The highest BCUT2D eigenvalue weighted by atomic mass is 16.5. The second kappa shape index (κ2) is 6.22. The first-order chi connectivity index (χ1) is 11.6. The number of ether oxygens (including phenoxy) is 1. The van der Waals surface area contributed by atoms with Gasteiger partial charge in [-0.25, -0.2) is 9.78 Å². The predicted octanol–water partition coefficient (Wildman–Crippen LogP) is 2.32. The van der Waals surface area contributed by atoms with Gasteiger partial charge in [-0.15, -0.1) is 0 Å². The number of aromatic nitrogens is 1. The largest absolute Gasteiger partial charge is 0.496 e. The van der Waals surface area contributed by atoms with E-state index in [-0.39, 0.29) is 17.1 Å². The molecule has 24 heavy (non-hydrogen) atoms. The number of carbonyl (C=O) groups excluding carboxylic acids is 1. The molecule has 0 unspecified atom stereocenters. The Balaban J connectivity index is 2.02. The highest BCUT2D eigenvalue weighted by Crippen LogP contribution is 2.25. The monoisotopic (exact) mass is 321 g/mol. The Morgan fingerprint density at radius 1 is 1.29 bits per heavy atom. The van der Waals surface area contributed by atoms with Gasteiger partial charge in [0.15, 0.2) is 0 Å². The highest BCUT2D eigenvalue weighted by molar-refractivity contribution is 6.05. The summed E-state index contributed by atoms with van der Waals surface area (Å²) in [5.74, 6) is -0.0346. The molecular weight excluding hydrogens is 310 g/mol. The van der Waals surface area contributed by atoms with Gasteiger partial charge >= 0.3 is 5.63 Å². The molecule has 0 spiro atoms. The lowest BCUT2D eigenvalue weighted by Crippen LogP contribution is -2.21. The summed E-state index contributed by atoms with van der Waals surface area (Å²) in [7, 11) is 1.48. The van der Waals surface area contributed by atoms with E-state index >= 15 is 0 Å². The molecule has 0 aliphatic heterocycles. The standard InChI is InChI=1S/C17H11N3O4/c1-23-13-5-3-6-14-11(13)8-12(17(22)24-14)16(21)20-15-7-2-4-10(9-18)19-15/h2-8H,1H3,(H,19,20,21). The molecule has 0 bridgehead atoms. The molecule has 0 radical (unpaired) electrons. The van der Waals surface area contributed by atoms with Crippen molar-refractivity contribution in [2.24, 2.45) is 0 Å². The first-order valence-electron chi connectivity index (χ1n) is 6.92. The van der Waals surface area contributed by atoms with E-state index < -0.39 is 11.5 Å². The number of fused-ring (bicyclic) bond motifs is 1. The van der Waals surface area contributed by atoms with Gasteiger partial charge in [0.25, 0.3) is 5.91 Å². The molecule has 7 heteroatoms. The summed E-state index contributed by atoms with van der Waals surface area (Å²) in [6.45, 7) is 0. The third-order valence-corrected chi connectivity index (χ3v) is 3.31. The number of nitriles is 1. The van der Waals surface area contributed by atoms with E-state index in [1.807, 2.05) is 6.07 Å². The van der Waals surface area contributed by atoms with Crippen molar-refractivity contribution < 1.29 is 13.9 Å². The molecule has 3 aromatic rings. The molecule has 0 aliphatic rings. The van der Waals surface area contributed by atoms with Crippen LogP contribution in [0.5, 0.6) is 5.75 Å². The summed E-state index contributed by atoms with van der Waals surface area (Å²) in [4.78, 5) is 28.3. The minimum atomic E-state index is -0.773. The van der Waals surface area contributed by atoms with Gasteiger partial charge < -0.3 is 14.5 Å². The molecule has 3 rings (SSSR count). The van der Waals surface area contributed by atoms with Gasteiger partial charge in [-0.3, -0.25) is 4.79 Å². The lowest BCUT2D eigenvalue weighted by atomic mass is 10.1. The molecular formula is C17H11N3O4. The van der Waals surface area contributed by atoms with Crippen LogP contribution >= 0.6 is 0 Å². The predicted molar refractivity (Wildman–Crippen MR) is 85.9 cm³/mol. The number of rotatable bonds is 3. The SMILES string of the molecule is COc1cccc2oc(=O)c(C(=O)Nc3cccc(C#N)n3)cc12. The summed E-state index contributed by atoms with van der Waals surface area (Å²) in [5, 5.41) is 11.8. The average Bonchev–Trinajstić information content (AvgIpc) is 2.60. The number of pyridine rings is 1. The van der Waals surface area contributed by atoms with Crippen LogP contribution in [-0.2, 0) is 0 Å². The number of nitrogens with one attached hydrogen (secondary N) is 1.